The van der Waals surface area contributed by atoms with Crippen LogP contribution in [0.2, 0.25) is 5.02 Å². The normalized spacial score (nSPS) is 9.96. The maximum atomic E-state index is 11.4. The number of hydrogen-bond acceptors (Lipinski definition) is 4. The van der Waals surface area contributed by atoms with Crippen molar-refractivity contribution in [1.29, 1.82) is 0 Å². The number of fused-ring (bicyclic) bond motifs is 1. The number of hydrogen-bond donors (Lipinski definition) is 4. The summed E-state index contributed by atoms with van der Waals surface area (Å²) in [6.45, 7) is 1.73. The van der Waals surface area contributed by atoms with Crippen LogP contribution in [0.1, 0.15) is 12.5 Å². The fourth-order valence-corrected chi connectivity index (χ4v) is 1.99. The minimum atomic E-state index is -2.87. The van der Waals surface area contributed by atoms with Gasteiger partial charge in [-0.3, -0.25) is 14.4 Å². The number of nitrogens with one attached hydrogen (secondary N) is 2. The third-order valence-corrected chi connectivity index (χ3v) is 3.04. The lowest BCUT2D eigenvalue weighted by molar-refractivity contribution is -0.128. The zero-order valence-electron chi connectivity index (χ0n) is 12.2. The molecule has 2 aromatic rings. The number of carbonyl (C=O) groups is 1. The maximum absolute atomic E-state index is 11.4. The fraction of sp³-hybridized carbons (Fsp3) is 0.250. The van der Waals surface area contributed by atoms with Gasteiger partial charge in [-0.05, 0) is 17.7 Å². The molecule has 1 heterocycles. The Morgan fingerprint density at radius 1 is 1.26 bits per heavy atom. The van der Waals surface area contributed by atoms with Gasteiger partial charge in [0.15, 0.2) is 0 Å². The molecule has 2 rings (SSSR count). The smallest absolute Gasteiger partial charge is 0.342 e. The van der Waals surface area contributed by atoms with Crippen molar-refractivity contribution in [2.45, 2.75) is 13.5 Å². The van der Waals surface area contributed by atoms with Crippen molar-refractivity contribution in [1.82, 2.24) is 14.9 Å². The predicted octanol–water partition coefficient (Wildman–Crippen LogP) is 0.476. The average Bonchev–Trinajstić information content (AvgIpc) is 2.40. The predicted molar refractivity (Wildman–Crippen MR) is 84.4 cm³/mol. The van der Waals surface area contributed by atoms with Crippen molar-refractivity contribution in [3.8, 4) is 0 Å². The number of carbonyl (C=O) groups excluding carboxylic acids is 1. The Morgan fingerprint density at radius 3 is 2.30 bits per heavy atom. The van der Waals surface area contributed by atoms with Crippen LogP contribution in [0.15, 0.2) is 21.7 Å². The Kier molecular flexibility index (Phi) is 6.59. The van der Waals surface area contributed by atoms with E-state index in [0.717, 1.165) is 0 Å². The first-order valence-electron chi connectivity index (χ1n) is 6.13. The molecule has 0 radical (unpaired) electrons. The Morgan fingerprint density at radius 2 is 1.78 bits per heavy atom. The van der Waals surface area contributed by atoms with Crippen molar-refractivity contribution < 1.29 is 19.1 Å². The van der Waals surface area contributed by atoms with E-state index in [0.29, 0.717) is 21.6 Å². The SMILES string of the molecule is CC(=O)N(C)Cc1cc(Cl)cc2[nH]c(=O)c(=O)[nH]c12.O=[P+](O)O. The second kappa shape index (κ2) is 7.98. The third kappa shape index (κ3) is 5.57. The molecular weight excluding hydrogens is 349 g/mol. The number of aromatic nitrogens is 2. The highest BCUT2D eigenvalue weighted by atomic mass is 35.5. The minimum absolute atomic E-state index is 0.111. The zero-order chi connectivity index (χ0) is 17.7. The van der Waals surface area contributed by atoms with Gasteiger partial charge < -0.3 is 14.9 Å². The van der Waals surface area contributed by atoms with E-state index in [1.807, 2.05) is 0 Å². The summed E-state index contributed by atoms with van der Waals surface area (Å²) < 4.78 is 8.70. The van der Waals surface area contributed by atoms with Crippen LogP contribution in [-0.2, 0) is 15.9 Å². The third-order valence-electron chi connectivity index (χ3n) is 2.82. The van der Waals surface area contributed by atoms with Gasteiger partial charge in [0.1, 0.15) is 0 Å². The number of amides is 1. The molecule has 0 spiro atoms. The van der Waals surface area contributed by atoms with Crippen LogP contribution in [0, 0.1) is 0 Å². The molecule has 0 saturated heterocycles. The number of benzene rings is 1. The summed E-state index contributed by atoms with van der Waals surface area (Å²) in [7, 11) is -1.23. The fourth-order valence-electron chi connectivity index (χ4n) is 1.75. The van der Waals surface area contributed by atoms with Gasteiger partial charge in [-0.25, -0.2) is 0 Å². The molecule has 0 aliphatic rings. The summed E-state index contributed by atoms with van der Waals surface area (Å²) in [5.74, 6) is -0.111. The van der Waals surface area contributed by atoms with Crippen LogP contribution in [0.4, 0.5) is 0 Å². The van der Waals surface area contributed by atoms with E-state index in [1.54, 1.807) is 19.2 Å². The van der Waals surface area contributed by atoms with Gasteiger partial charge in [-0.15, -0.1) is 9.79 Å². The molecule has 1 aromatic heterocycles. The van der Waals surface area contributed by atoms with E-state index in [-0.39, 0.29) is 12.5 Å². The standard InChI is InChI=1S/C12H12ClN3O3.HO3P/c1-6(17)16(2)5-7-3-8(13)4-9-10(7)15-12(19)11(18)14-9;1-4(2)3/h3-4H,5H2,1-2H3,(H,14,18)(H,15,19);(H-,1,2,3)/p+1. The maximum Gasteiger partial charge on any atom is 0.692 e. The molecule has 0 fully saturated rings. The zero-order valence-corrected chi connectivity index (χ0v) is 13.8. The van der Waals surface area contributed by atoms with E-state index < -0.39 is 19.4 Å². The number of rotatable bonds is 2. The molecule has 0 saturated carbocycles. The molecule has 0 aliphatic heterocycles. The van der Waals surface area contributed by atoms with Crippen molar-refractivity contribution in [2.75, 3.05) is 7.05 Å². The molecule has 23 heavy (non-hydrogen) atoms. The summed E-state index contributed by atoms with van der Waals surface area (Å²) in [4.78, 5) is 54.6. The number of nitrogens with zero attached hydrogens (tertiary/aromatic N) is 1. The van der Waals surface area contributed by atoms with Crippen molar-refractivity contribution in [3.63, 3.8) is 0 Å². The van der Waals surface area contributed by atoms with Crippen LogP contribution >= 0.6 is 19.9 Å². The molecule has 0 unspecified atom stereocenters. The minimum Gasteiger partial charge on any atom is -0.342 e. The molecule has 1 amide bonds. The Balaban J connectivity index is 0.000000593. The lowest BCUT2D eigenvalue weighted by atomic mass is 10.1. The first kappa shape index (κ1) is 19.0. The summed E-state index contributed by atoms with van der Waals surface area (Å²) in [6.07, 6.45) is 0. The highest BCUT2D eigenvalue weighted by Crippen LogP contribution is 2.20. The molecule has 11 heteroatoms. The van der Waals surface area contributed by atoms with E-state index in [2.05, 4.69) is 9.97 Å². The summed E-state index contributed by atoms with van der Waals surface area (Å²) in [6, 6.07) is 3.20. The lowest BCUT2D eigenvalue weighted by Gasteiger charge is -2.16. The van der Waals surface area contributed by atoms with Crippen molar-refractivity contribution in [3.05, 3.63) is 43.4 Å². The number of aromatic amines is 2. The summed E-state index contributed by atoms with van der Waals surface area (Å²) in [5.41, 5.74) is 0.0990. The lowest BCUT2D eigenvalue weighted by Crippen LogP contribution is -2.30. The van der Waals surface area contributed by atoms with Gasteiger partial charge in [0, 0.05) is 30.1 Å². The molecule has 4 N–H and O–H groups in total. The first-order valence-corrected chi connectivity index (χ1v) is 7.67. The summed E-state index contributed by atoms with van der Waals surface area (Å²) >= 11 is 5.96. The Bertz CT molecular complexity index is 858. The van der Waals surface area contributed by atoms with Gasteiger partial charge >= 0.3 is 19.4 Å². The number of H-pyrrole nitrogens is 2. The molecule has 0 aliphatic carbocycles. The molecule has 0 atom stereocenters. The topological polar surface area (TPSA) is 144 Å². The Hall–Kier alpha value is -2.06. The number of halogens is 1. The molecule has 1 aromatic carbocycles. The van der Waals surface area contributed by atoms with Gasteiger partial charge in [-0.1, -0.05) is 11.6 Å². The second-order valence-electron chi connectivity index (χ2n) is 4.52. The molecule has 0 bridgehead atoms. The quantitative estimate of drug-likeness (QED) is 0.452. The van der Waals surface area contributed by atoms with E-state index in [9.17, 15) is 14.4 Å². The van der Waals surface area contributed by atoms with E-state index >= 15 is 0 Å². The largest absolute Gasteiger partial charge is 0.692 e. The van der Waals surface area contributed by atoms with Crippen LogP contribution in [-0.4, -0.2) is 37.6 Å². The van der Waals surface area contributed by atoms with Crippen molar-refractivity contribution in [2.24, 2.45) is 0 Å². The van der Waals surface area contributed by atoms with Gasteiger partial charge in [0.2, 0.25) is 5.91 Å². The van der Waals surface area contributed by atoms with Crippen LogP contribution in [0.5, 0.6) is 0 Å². The van der Waals surface area contributed by atoms with Crippen LogP contribution in [0.25, 0.3) is 11.0 Å². The molecule has 124 valence electrons. The van der Waals surface area contributed by atoms with Crippen LogP contribution in [0.3, 0.4) is 0 Å². The van der Waals surface area contributed by atoms with Gasteiger partial charge in [0.25, 0.3) is 0 Å². The second-order valence-corrected chi connectivity index (χ2v) is 5.47. The average molecular weight is 363 g/mol. The van der Waals surface area contributed by atoms with Crippen molar-refractivity contribution >= 4 is 36.8 Å². The Labute approximate surface area is 135 Å². The van der Waals surface area contributed by atoms with E-state index in [1.165, 1.54) is 11.8 Å². The monoisotopic (exact) mass is 362 g/mol. The van der Waals surface area contributed by atoms with Gasteiger partial charge in [0.05, 0.1) is 11.0 Å². The van der Waals surface area contributed by atoms with E-state index in [4.69, 9.17) is 26.0 Å². The first-order chi connectivity index (χ1) is 10.6. The highest BCUT2D eigenvalue weighted by Gasteiger charge is 2.10. The molecule has 9 nitrogen and oxygen atoms in total. The molecular formula is C12H14ClN3O6P+. The highest BCUT2D eigenvalue weighted by molar-refractivity contribution is 7.30. The van der Waals surface area contributed by atoms with Crippen LogP contribution < -0.4 is 11.1 Å². The summed E-state index contributed by atoms with van der Waals surface area (Å²) in [5, 5.41) is 0.419. The van der Waals surface area contributed by atoms with Gasteiger partial charge in [-0.2, -0.15) is 0 Å².